The Kier molecular flexibility index (Phi) is 2.46. The van der Waals surface area contributed by atoms with Gasteiger partial charge in [-0.2, -0.15) is 0 Å². The Morgan fingerprint density at radius 3 is 2.41 bits per heavy atom. The van der Waals surface area contributed by atoms with Crippen molar-refractivity contribution in [2.75, 3.05) is 10.6 Å². The molecule has 0 fully saturated rings. The molecule has 85 valence electrons. The number of rotatable bonds is 2. The second-order valence-electron chi connectivity index (χ2n) is 4.13. The molecule has 0 aliphatic carbocycles. The summed E-state index contributed by atoms with van der Waals surface area (Å²) in [6.45, 7) is 1.82. The van der Waals surface area contributed by atoms with Gasteiger partial charge in [-0.3, -0.25) is 0 Å². The van der Waals surface area contributed by atoms with Crippen LogP contribution in [0.1, 0.15) is 17.2 Å². The van der Waals surface area contributed by atoms with Gasteiger partial charge < -0.3 is 16.4 Å². The summed E-state index contributed by atoms with van der Waals surface area (Å²) in [5.74, 6) is 0. The van der Waals surface area contributed by atoms with Crippen molar-refractivity contribution in [2.45, 2.75) is 6.04 Å². The maximum absolute atomic E-state index is 6.25. The molecule has 3 nitrogen and oxygen atoms in total. The molecule has 0 bridgehead atoms. The molecule has 0 amide bonds. The highest BCUT2D eigenvalue weighted by Gasteiger charge is 2.13. The van der Waals surface area contributed by atoms with Gasteiger partial charge in [-0.1, -0.05) is 36.4 Å². The minimum atomic E-state index is -0.0797. The molecule has 1 radical (unpaired) electrons. The van der Waals surface area contributed by atoms with E-state index in [9.17, 15) is 0 Å². The Morgan fingerprint density at radius 2 is 1.59 bits per heavy atom. The number of benzene rings is 2. The molecule has 1 atom stereocenters. The third kappa shape index (κ3) is 1.85. The zero-order chi connectivity index (χ0) is 11.7. The molecular formula is C14H14N3. The molecule has 0 aromatic heterocycles. The number of nitrogens with two attached hydrogens (primary N) is 1. The topological polar surface area (TPSA) is 50.1 Å². The lowest BCUT2D eigenvalue weighted by Gasteiger charge is -2.13. The molecular weight excluding hydrogens is 210 g/mol. The molecule has 2 aromatic carbocycles. The fourth-order valence-corrected chi connectivity index (χ4v) is 2.05. The van der Waals surface area contributed by atoms with Gasteiger partial charge in [0.1, 0.15) is 6.67 Å². The van der Waals surface area contributed by atoms with Crippen molar-refractivity contribution in [1.29, 1.82) is 0 Å². The van der Waals surface area contributed by atoms with Crippen LogP contribution in [0.4, 0.5) is 11.4 Å². The number of anilines is 2. The Morgan fingerprint density at radius 1 is 0.824 bits per heavy atom. The van der Waals surface area contributed by atoms with E-state index in [2.05, 4.69) is 34.9 Å². The van der Waals surface area contributed by atoms with Gasteiger partial charge in [-0.25, -0.2) is 0 Å². The third-order valence-corrected chi connectivity index (χ3v) is 3.02. The summed E-state index contributed by atoms with van der Waals surface area (Å²) in [6, 6.07) is 16.2. The standard InChI is InChI=1S/C14H14N3/c15-14(10-4-2-1-3-5-10)11-6-7-12-13(8-11)17-9-16-12/h1-9,14,16-17H,15H2. The van der Waals surface area contributed by atoms with E-state index in [4.69, 9.17) is 5.73 Å². The predicted molar refractivity (Wildman–Crippen MR) is 70.5 cm³/mol. The van der Waals surface area contributed by atoms with Gasteiger partial charge in [-0.15, -0.1) is 0 Å². The molecule has 1 aliphatic rings. The van der Waals surface area contributed by atoms with Crippen molar-refractivity contribution in [3.05, 3.63) is 66.3 Å². The van der Waals surface area contributed by atoms with Gasteiger partial charge in [0.05, 0.1) is 17.4 Å². The summed E-state index contributed by atoms with van der Waals surface area (Å²) >= 11 is 0. The molecule has 0 saturated carbocycles. The smallest absolute Gasteiger partial charge is 0.136 e. The van der Waals surface area contributed by atoms with Crippen molar-refractivity contribution in [3.8, 4) is 0 Å². The van der Waals surface area contributed by atoms with Crippen molar-refractivity contribution < 1.29 is 0 Å². The number of hydrogen-bond acceptors (Lipinski definition) is 3. The molecule has 2 aromatic rings. The third-order valence-electron chi connectivity index (χ3n) is 3.02. The highest BCUT2D eigenvalue weighted by molar-refractivity contribution is 5.76. The molecule has 1 unspecified atom stereocenters. The van der Waals surface area contributed by atoms with Crippen LogP contribution in [0, 0.1) is 6.67 Å². The first-order chi connectivity index (χ1) is 8.34. The molecule has 4 N–H and O–H groups in total. The lowest BCUT2D eigenvalue weighted by molar-refractivity contribution is 0.872. The first-order valence-corrected chi connectivity index (χ1v) is 5.64. The lowest BCUT2D eigenvalue weighted by atomic mass is 9.99. The monoisotopic (exact) mass is 224 g/mol. The van der Waals surface area contributed by atoms with Crippen LogP contribution >= 0.6 is 0 Å². The Balaban J connectivity index is 1.94. The van der Waals surface area contributed by atoms with E-state index in [1.807, 2.05) is 30.9 Å². The molecule has 1 aliphatic heterocycles. The highest BCUT2D eigenvalue weighted by atomic mass is 15.1. The minimum Gasteiger partial charge on any atom is -0.360 e. The molecule has 0 saturated heterocycles. The molecule has 3 rings (SSSR count). The second kappa shape index (κ2) is 4.11. The van der Waals surface area contributed by atoms with Crippen molar-refractivity contribution in [1.82, 2.24) is 0 Å². The van der Waals surface area contributed by atoms with E-state index in [-0.39, 0.29) is 6.04 Å². The van der Waals surface area contributed by atoms with Crippen LogP contribution in [-0.2, 0) is 0 Å². The molecule has 0 spiro atoms. The average Bonchev–Trinajstić information content (AvgIpc) is 2.86. The molecule has 3 heteroatoms. The van der Waals surface area contributed by atoms with Crippen LogP contribution in [-0.4, -0.2) is 0 Å². The summed E-state index contributed by atoms with van der Waals surface area (Å²) in [7, 11) is 0. The molecule has 1 heterocycles. The van der Waals surface area contributed by atoms with Crippen LogP contribution < -0.4 is 16.4 Å². The maximum Gasteiger partial charge on any atom is 0.136 e. The maximum atomic E-state index is 6.25. The van der Waals surface area contributed by atoms with E-state index in [1.54, 1.807) is 0 Å². The Bertz CT molecular complexity index is 522. The second-order valence-corrected chi connectivity index (χ2v) is 4.13. The first kappa shape index (κ1) is 10.2. The van der Waals surface area contributed by atoms with Gasteiger partial charge in [0.2, 0.25) is 0 Å². The van der Waals surface area contributed by atoms with Crippen LogP contribution in [0.2, 0.25) is 0 Å². The van der Waals surface area contributed by atoms with Gasteiger partial charge in [-0.05, 0) is 23.3 Å². The van der Waals surface area contributed by atoms with Crippen molar-refractivity contribution in [3.63, 3.8) is 0 Å². The van der Waals surface area contributed by atoms with E-state index in [1.165, 1.54) is 0 Å². The summed E-state index contributed by atoms with van der Waals surface area (Å²) in [5, 5.41) is 6.28. The average molecular weight is 224 g/mol. The minimum absolute atomic E-state index is 0.0797. The fourth-order valence-electron chi connectivity index (χ4n) is 2.05. The normalized spacial score (nSPS) is 14.6. The summed E-state index contributed by atoms with van der Waals surface area (Å²) in [5.41, 5.74) is 10.7. The van der Waals surface area contributed by atoms with Crippen LogP contribution in [0.15, 0.2) is 48.5 Å². The first-order valence-electron chi connectivity index (χ1n) is 5.64. The number of fused-ring (bicyclic) bond motifs is 1. The largest absolute Gasteiger partial charge is 0.360 e. The highest BCUT2D eigenvalue weighted by Crippen LogP contribution is 2.31. The van der Waals surface area contributed by atoms with Gasteiger partial charge in [0.15, 0.2) is 0 Å². The van der Waals surface area contributed by atoms with E-state index in [0.29, 0.717) is 0 Å². The number of hydrogen-bond donors (Lipinski definition) is 3. The van der Waals surface area contributed by atoms with Crippen molar-refractivity contribution in [2.24, 2.45) is 5.73 Å². The van der Waals surface area contributed by atoms with E-state index < -0.39 is 0 Å². The van der Waals surface area contributed by atoms with Crippen molar-refractivity contribution >= 4 is 11.4 Å². The fraction of sp³-hybridized carbons (Fsp3) is 0.0714. The summed E-state index contributed by atoms with van der Waals surface area (Å²) < 4.78 is 0. The quantitative estimate of drug-likeness (QED) is 0.735. The Hall–Kier alpha value is -2.00. The van der Waals surface area contributed by atoms with Crippen LogP contribution in [0.25, 0.3) is 0 Å². The summed E-state index contributed by atoms with van der Waals surface area (Å²) in [6.07, 6.45) is 0. The van der Waals surface area contributed by atoms with Gasteiger partial charge >= 0.3 is 0 Å². The lowest BCUT2D eigenvalue weighted by Crippen LogP contribution is -2.11. The predicted octanol–water partition coefficient (Wildman–Crippen LogP) is 2.69. The molecule has 17 heavy (non-hydrogen) atoms. The zero-order valence-electron chi connectivity index (χ0n) is 9.35. The zero-order valence-corrected chi connectivity index (χ0v) is 9.35. The Labute approximate surface area is 101 Å². The van der Waals surface area contributed by atoms with Crippen LogP contribution in [0.5, 0.6) is 0 Å². The van der Waals surface area contributed by atoms with E-state index >= 15 is 0 Å². The summed E-state index contributed by atoms with van der Waals surface area (Å²) in [4.78, 5) is 0. The number of nitrogens with one attached hydrogen (secondary N) is 2. The van der Waals surface area contributed by atoms with Crippen LogP contribution in [0.3, 0.4) is 0 Å². The van der Waals surface area contributed by atoms with Gasteiger partial charge in [0, 0.05) is 0 Å². The SMILES string of the molecule is NC(c1ccccc1)c1ccc2c(c1)N[CH]N2. The van der Waals surface area contributed by atoms with E-state index in [0.717, 1.165) is 22.5 Å². The van der Waals surface area contributed by atoms with Gasteiger partial charge in [0.25, 0.3) is 0 Å².